The van der Waals surface area contributed by atoms with Crippen molar-refractivity contribution in [1.82, 2.24) is 9.88 Å². The number of aryl methyl sites for hydroxylation is 3. The molecule has 0 fully saturated rings. The SMILES string of the molecule is Cc1ccc(C(=O)N2CCc3oc(CCc4ccccc4)nc3C2)cc1OCCN.Cl. The molecular weight excluding hydrogens is 414 g/mol. The fraction of sp³-hybridized carbons (Fsp3) is 0.333. The number of halogens is 1. The van der Waals surface area contributed by atoms with Crippen LogP contribution in [-0.4, -0.2) is 35.5 Å². The molecule has 1 aliphatic heterocycles. The van der Waals surface area contributed by atoms with E-state index in [1.807, 2.05) is 42.2 Å². The standard InChI is InChI=1S/C24H27N3O3.ClH/c1-17-7-9-19(15-22(17)29-14-12-25)24(28)27-13-11-21-20(16-27)26-23(30-21)10-8-18-5-3-2-4-6-18;/h2-7,9,15H,8,10-14,16,25H2,1H3;1H. The summed E-state index contributed by atoms with van der Waals surface area (Å²) in [6.45, 7) is 3.91. The molecule has 31 heavy (non-hydrogen) atoms. The highest BCUT2D eigenvalue weighted by atomic mass is 35.5. The molecule has 0 spiro atoms. The van der Waals surface area contributed by atoms with Crippen molar-refractivity contribution in [2.24, 2.45) is 5.73 Å². The molecule has 4 rings (SSSR count). The summed E-state index contributed by atoms with van der Waals surface area (Å²) in [6, 6.07) is 15.9. The first-order chi connectivity index (χ1) is 14.6. The van der Waals surface area contributed by atoms with Crippen molar-refractivity contribution < 1.29 is 13.9 Å². The second kappa shape index (κ2) is 10.5. The van der Waals surface area contributed by atoms with Crippen molar-refractivity contribution in [3.63, 3.8) is 0 Å². The summed E-state index contributed by atoms with van der Waals surface area (Å²) in [5, 5.41) is 0. The molecule has 6 nitrogen and oxygen atoms in total. The Morgan fingerprint density at radius 2 is 2.00 bits per heavy atom. The van der Waals surface area contributed by atoms with Crippen LogP contribution in [0.5, 0.6) is 5.75 Å². The molecule has 0 saturated carbocycles. The van der Waals surface area contributed by atoms with Crippen LogP contribution in [0.25, 0.3) is 0 Å². The van der Waals surface area contributed by atoms with Crippen molar-refractivity contribution in [3.8, 4) is 5.75 Å². The minimum absolute atomic E-state index is 0. The number of hydrogen-bond donors (Lipinski definition) is 1. The van der Waals surface area contributed by atoms with Gasteiger partial charge in [0.2, 0.25) is 0 Å². The van der Waals surface area contributed by atoms with E-state index in [1.54, 1.807) is 6.07 Å². The summed E-state index contributed by atoms with van der Waals surface area (Å²) in [5.41, 5.74) is 9.25. The number of ether oxygens (including phenoxy) is 1. The normalized spacial score (nSPS) is 12.8. The van der Waals surface area contributed by atoms with E-state index in [4.69, 9.17) is 14.9 Å². The third-order valence-electron chi connectivity index (χ3n) is 5.34. The Hall–Kier alpha value is -2.83. The molecule has 2 aromatic carbocycles. The topological polar surface area (TPSA) is 81.6 Å². The zero-order valence-corrected chi connectivity index (χ0v) is 18.5. The van der Waals surface area contributed by atoms with Gasteiger partial charge in [0.05, 0.1) is 6.54 Å². The molecule has 0 unspecified atom stereocenters. The lowest BCUT2D eigenvalue weighted by Crippen LogP contribution is -2.35. The first-order valence-electron chi connectivity index (χ1n) is 10.4. The number of hydrogen-bond acceptors (Lipinski definition) is 5. The summed E-state index contributed by atoms with van der Waals surface area (Å²) in [7, 11) is 0. The zero-order valence-electron chi connectivity index (χ0n) is 17.7. The number of aromatic nitrogens is 1. The highest BCUT2D eigenvalue weighted by Gasteiger charge is 2.26. The Kier molecular flexibility index (Phi) is 7.71. The van der Waals surface area contributed by atoms with Crippen molar-refractivity contribution in [1.29, 1.82) is 0 Å². The minimum Gasteiger partial charge on any atom is -0.492 e. The van der Waals surface area contributed by atoms with Gasteiger partial charge in [0.15, 0.2) is 5.89 Å². The van der Waals surface area contributed by atoms with Crippen molar-refractivity contribution in [2.45, 2.75) is 32.7 Å². The predicted molar refractivity (Wildman–Crippen MR) is 122 cm³/mol. The molecule has 1 aliphatic rings. The quantitative estimate of drug-likeness (QED) is 0.604. The molecule has 7 heteroatoms. The van der Waals surface area contributed by atoms with E-state index in [-0.39, 0.29) is 18.3 Å². The molecule has 164 valence electrons. The van der Waals surface area contributed by atoms with Crippen molar-refractivity contribution in [3.05, 3.63) is 82.6 Å². The summed E-state index contributed by atoms with van der Waals surface area (Å²) in [4.78, 5) is 19.5. The Morgan fingerprint density at radius 1 is 1.19 bits per heavy atom. The molecule has 1 aromatic heterocycles. The van der Waals surface area contributed by atoms with Crippen LogP contribution in [0.1, 0.15) is 38.8 Å². The fourth-order valence-corrected chi connectivity index (χ4v) is 3.67. The number of carbonyl (C=O) groups is 1. The Labute approximate surface area is 188 Å². The van der Waals surface area contributed by atoms with Crippen molar-refractivity contribution >= 4 is 18.3 Å². The van der Waals surface area contributed by atoms with Crippen LogP contribution in [0, 0.1) is 6.92 Å². The number of rotatable bonds is 7. The van der Waals surface area contributed by atoms with Gasteiger partial charge in [-0.3, -0.25) is 4.79 Å². The highest BCUT2D eigenvalue weighted by molar-refractivity contribution is 5.94. The number of oxazole rings is 1. The van der Waals surface area contributed by atoms with E-state index in [0.717, 1.165) is 35.7 Å². The maximum absolute atomic E-state index is 13.1. The van der Waals surface area contributed by atoms with Gasteiger partial charge in [-0.25, -0.2) is 4.98 Å². The number of fused-ring (bicyclic) bond motifs is 1. The molecule has 1 amide bonds. The fourth-order valence-electron chi connectivity index (χ4n) is 3.67. The van der Waals surface area contributed by atoms with Gasteiger partial charge in [0.25, 0.3) is 5.91 Å². The van der Waals surface area contributed by atoms with Crippen LogP contribution < -0.4 is 10.5 Å². The lowest BCUT2D eigenvalue weighted by Gasteiger charge is -2.25. The van der Waals surface area contributed by atoms with Crippen LogP contribution >= 0.6 is 12.4 Å². The first-order valence-corrected chi connectivity index (χ1v) is 10.4. The summed E-state index contributed by atoms with van der Waals surface area (Å²) < 4.78 is 11.6. The molecule has 0 aliphatic carbocycles. The van der Waals surface area contributed by atoms with Gasteiger partial charge in [-0.15, -0.1) is 12.4 Å². The Balaban J connectivity index is 0.00000272. The highest BCUT2D eigenvalue weighted by Crippen LogP contribution is 2.25. The van der Waals surface area contributed by atoms with E-state index in [9.17, 15) is 4.79 Å². The van der Waals surface area contributed by atoms with Gasteiger partial charge in [0, 0.05) is 31.5 Å². The average Bonchev–Trinajstić information content (AvgIpc) is 3.19. The predicted octanol–water partition coefficient (Wildman–Crippen LogP) is 3.73. The monoisotopic (exact) mass is 441 g/mol. The Morgan fingerprint density at radius 3 is 2.77 bits per heavy atom. The summed E-state index contributed by atoms with van der Waals surface area (Å²) in [6.07, 6.45) is 2.32. The number of amides is 1. The molecule has 0 bridgehead atoms. The summed E-state index contributed by atoms with van der Waals surface area (Å²) >= 11 is 0. The number of carbonyl (C=O) groups excluding carboxylic acids is 1. The van der Waals surface area contributed by atoms with E-state index >= 15 is 0 Å². The minimum atomic E-state index is -0.0212. The van der Waals surface area contributed by atoms with Gasteiger partial charge in [-0.2, -0.15) is 0 Å². The smallest absolute Gasteiger partial charge is 0.254 e. The van der Waals surface area contributed by atoms with Gasteiger partial charge < -0.3 is 19.8 Å². The maximum Gasteiger partial charge on any atom is 0.254 e. The van der Waals surface area contributed by atoms with E-state index in [1.165, 1.54) is 5.56 Å². The molecule has 0 radical (unpaired) electrons. The first kappa shape index (κ1) is 22.8. The zero-order chi connectivity index (χ0) is 20.9. The van der Waals surface area contributed by atoms with Gasteiger partial charge in [-0.1, -0.05) is 36.4 Å². The van der Waals surface area contributed by atoms with E-state index < -0.39 is 0 Å². The lowest BCUT2D eigenvalue weighted by molar-refractivity contribution is 0.0727. The maximum atomic E-state index is 13.1. The molecule has 0 saturated heterocycles. The van der Waals surface area contributed by atoms with Crippen molar-refractivity contribution in [2.75, 3.05) is 19.7 Å². The lowest BCUT2D eigenvalue weighted by atomic mass is 10.1. The van der Waals surface area contributed by atoms with Crippen LogP contribution in [-0.2, 0) is 25.8 Å². The molecule has 2 N–H and O–H groups in total. The molecule has 0 atom stereocenters. The third-order valence-corrected chi connectivity index (χ3v) is 5.34. The Bertz CT molecular complexity index is 1020. The van der Waals surface area contributed by atoms with Crippen LogP contribution in [0.3, 0.4) is 0 Å². The van der Waals surface area contributed by atoms with Crippen LogP contribution in [0.2, 0.25) is 0 Å². The number of nitrogens with two attached hydrogens (primary N) is 1. The van der Waals surface area contributed by atoms with Crippen LogP contribution in [0.15, 0.2) is 52.9 Å². The second-order valence-corrected chi connectivity index (χ2v) is 7.56. The van der Waals surface area contributed by atoms with E-state index in [2.05, 4.69) is 17.1 Å². The number of nitrogens with zero attached hydrogens (tertiary/aromatic N) is 2. The second-order valence-electron chi connectivity index (χ2n) is 7.56. The van der Waals surface area contributed by atoms with Gasteiger partial charge >= 0.3 is 0 Å². The largest absolute Gasteiger partial charge is 0.492 e. The molecule has 3 aromatic rings. The number of benzene rings is 2. The third kappa shape index (κ3) is 5.46. The summed E-state index contributed by atoms with van der Waals surface area (Å²) in [5.74, 6) is 2.32. The van der Waals surface area contributed by atoms with Gasteiger partial charge in [0.1, 0.15) is 23.8 Å². The molecule has 2 heterocycles. The van der Waals surface area contributed by atoms with Crippen LogP contribution in [0.4, 0.5) is 0 Å². The van der Waals surface area contributed by atoms with E-state index in [0.29, 0.717) is 44.0 Å². The molecular formula is C24H28ClN3O3. The van der Waals surface area contributed by atoms with Gasteiger partial charge in [-0.05, 0) is 36.6 Å². The average molecular weight is 442 g/mol.